The molecule has 2 heteroatoms. The van der Waals surface area contributed by atoms with Gasteiger partial charge in [-0.05, 0) is 78.0 Å². The highest BCUT2D eigenvalue weighted by atomic mass is 16.5. The van der Waals surface area contributed by atoms with Crippen LogP contribution in [-0.4, -0.2) is 12.9 Å². The molecule has 27 heavy (non-hydrogen) atoms. The zero-order valence-corrected chi connectivity index (χ0v) is 17.4. The van der Waals surface area contributed by atoms with E-state index in [1.54, 1.807) is 0 Å². The SMILES string of the molecule is Cc1cc2c(cc1C1(C)COc3ccc(C=O)cc31)C(C)(C)CCC2(C)C. The molecule has 2 aromatic rings. The standard InChI is InChI=1S/C25H30O2/c1-16-11-19-20(24(4,5)10-9-23(19,2)3)13-18(16)25(6)15-27-22-8-7-17(14-26)12-21(22)25/h7-8,11-14H,9-10,15H2,1-6H3. The van der Waals surface area contributed by atoms with E-state index in [1.165, 1.54) is 35.1 Å². The summed E-state index contributed by atoms with van der Waals surface area (Å²) < 4.78 is 6.04. The Hall–Kier alpha value is -2.09. The van der Waals surface area contributed by atoms with E-state index < -0.39 is 0 Å². The van der Waals surface area contributed by atoms with Crippen molar-refractivity contribution in [1.29, 1.82) is 0 Å². The van der Waals surface area contributed by atoms with Gasteiger partial charge in [0.05, 0.1) is 5.41 Å². The van der Waals surface area contributed by atoms with Gasteiger partial charge < -0.3 is 4.74 Å². The van der Waals surface area contributed by atoms with Gasteiger partial charge in [0.2, 0.25) is 0 Å². The summed E-state index contributed by atoms with van der Waals surface area (Å²) in [4.78, 5) is 11.3. The molecular formula is C25H30O2. The van der Waals surface area contributed by atoms with Gasteiger partial charge in [-0.15, -0.1) is 0 Å². The van der Waals surface area contributed by atoms with Crippen molar-refractivity contribution < 1.29 is 9.53 Å². The Balaban J connectivity index is 1.94. The van der Waals surface area contributed by atoms with E-state index in [9.17, 15) is 4.79 Å². The molecule has 0 aromatic heterocycles. The number of hydrogen-bond donors (Lipinski definition) is 0. The molecule has 0 N–H and O–H groups in total. The molecule has 2 aromatic carbocycles. The lowest BCUT2D eigenvalue weighted by Gasteiger charge is -2.43. The summed E-state index contributed by atoms with van der Waals surface area (Å²) in [5, 5.41) is 0. The summed E-state index contributed by atoms with van der Waals surface area (Å²) in [6, 6.07) is 10.6. The number of hydrogen-bond acceptors (Lipinski definition) is 2. The van der Waals surface area contributed by atoms with Crippen molar-refractivity contribution in [3.05, 3.63) is 63.7 Å². The van der Waals surface area contributed by atoms with E-state index in [0.717, 1.165) is 17.6 Å². The average Bonchev–Trinajstić information content (AvgIpc) is 2.96. The third kappa shape index (κ3) is 2.64. The summed E-state index contributed by atoms with van der Waals surface area (Å²) >= 11 is 0. The lowest BCUT2D eigenvalue weighted by Crippen LogP contribution is -2.35. The Kier molecular flexibility index (Phi) is 3.86. The minimum atomic E-state index is -0.231. The molecule has 0 amide bonds. The van der Waals surface area contributed by atoms with E-state index in [2.05, 4.69) is 53.7 Å². The first kappa shape index (κ1) is 18.3. The Morgan fingerprint density at radius 3 is 2.11 bits per heavy atom. The molecular weight excluding hydrogens is 332 g/mol. The first-order chi connectivity index (χ1) is 12.6. The average molecular weight is 363 g/mol. The second kappa shape index (κ2) is 5.70. The van der Waals surface area contributed by atoms with Crippen LogP contribution in [0, 0.1) is 6.92 Å². The number of aldehydes is 1. The van der Waals surface area contributed by atoms with Gasteiger partial charge in [-0.1, -0.05) is 39.8 Å². The number of carbonyl (C=O) groups excluding carboxylic acids is 1. The van der Waals surface area contributed by atoms with Crippen LogP contribution in [0.15, 0.2) is 30.3 Å². The molecule has 142 valence electrons. The summed E-state index contributed by atoms with van der Waals surface area (Å²) in [6.07, 6.45) is 3.34. The van der Waals surface area contributed by atoms with Gasteiger partial charge >= 0.3 is 0 Å². The van der Waals surface area contributed by atoms with Crippen LogP contribution < -0.4 is 4.74 Å². The third-order valence-corrected chi connectivity index (χ3v) is 7.04. The lowest BCUT2D eigenvalue weighted by atomic mass is 9.61. The highest BCUT2D eigenvalue weighted by Gasteiger charge is 2.43. The molecule has 0 fully saturated rings. The third-order valence-electron chi connectivity index (χ3n) is 7.04. The van der Waals surface area contributed by atoms with Crippen LogP contribution in [0.25, 0.3) is 0 Å². The maximum atomic E-state index is 11.3. The normalized spacial score (nSPS) is 24.7. The predicted molar refractivity (Wildman–Crippen MR) is 110 cm³/mol. The van der Waals surface area contributed by atoms with Crippen molar-refractivity contribution >= 4 is 6.29 Å². The van der Waals surface area contributed by atoms with Crippen molar-refractivity contribution in [2.45, 2.75) is 70.6 Å². The predicted octanol–water partition coefficient (Wildman–Crippen LogP) is 5.85. The van der Waals surface area contributed by atoms with Crippen LogP contribution in [-0.2, 0) is 16.2 Å². The smallest absolute Gasteiger partial charge is 0.150 e. The minimum absolute atomic E-state index is 0.177. The molecule has 1 unspecified atom stereocenters. The number of rotatable bonds is 2. The molecule has 1 heterocycles. The van der Waals surface area contributed by atoms with Crippen molar-refractivity contribution in [1.82, 2.24) is 0 Å². The van der Waals surface area contributed by atoms with Crippen molar-refractivity contribution in [3.8, 4) is 5.75 Å². The summed E-state index contributed by atoms with van der Waals surface area (Å²) in [5.74, 6) is 0.903. The van der Waals surface area contributed by atoms with Gasteiger partial charge in [0.25, 0.3) is 0 Å². The second-order valence-corrected chi connectivity index (χ2v) is 9.97. The molecule has 0 saturated carbocycles. The van der Waals surface area contributed by atoms with E-state index in [1.807, 2.05) is 18.2 Å². The summed E-state index contributed by atoms with van der Waals surface area (Å²) in [6.45, 7) is 14.6. The molecule has 4 rings (SSSR count). The molecule has 1 aliphatic heterocycles. The molecule has 2 aliphatic rings. The van der Waals surface area contributed by atoms with Crippen LogP contribution in [0.5, 0.6) is 5.75 Å². The van der Waals surface area contributed by atoms with E-state index in [-0.39, 0.29) is 16.2 Å². The first-order valence-electron chi connectivity index (χ1n) is 9.97. The van der Waals surface area contributed by atoms with Crippen LogP contribution in [0.3, 0.4) is 0 Å². The highest BCUT2D eigenvalue weighted by Crippen LogP contribution is 2.50. The zero-order valence-electron chi connectivity index (χ0n) is 17.4. The monoisotopic (exact) mass is 362 g/mol. The van der Waals surface area contributed by atoms with E-state index in [4.69, 9.17) is 4.74 Å². The highest BCUT2D eigenvalue weighted by molar-refractivity contribution is 5.76. The largest absolute Gasteiger partial charge is 0.492 e. The zero-order chi connectivity index (χ0) is 19.6. The summed E-state index contributed by atoms with van der Waals surface area (Å²) in [5.41, 5.74) is 7.60. The van der Waals surface area contributed by atoms with E-state index >= 15 is 0 Å². The number of fused-ring (bicyclic) bond motifs is 2. The van der Waals surface area contributed by atoms with Gasteiger partial charge in [-0.25, -0.2) is 0 Å². The molecule has 0 spiro atoms. The molecule has 2 nitrogen and oxygen atoms in total. The molecule has 1 atom stereocenters. The lowest BCUT2D eigenvalue weighted by molar-refractivity contribution is 0.112. The molecule has 0 radical (unpaired) electrons. The van der Waals surface area contributed by atoms with Gasteiger partial charge in [-0.2, -0.15) is 0 Å². The fraction of sp³-hybridized carbons (Fsp3) is 0.480. The molecule has 0 bridgehead atoms. The van der Waals surface area contributed by atoms with Gasteiger partial charge in [0.1, 0.15) is 18.6 Å². The maximum absolute atomic E-state index is 11.3. The van der Waals surface area contributed by atoms with Crippen molar-refractivity contribution in [2.75, 3.05) is 6.61 Å². The quantitative estimate of drug-likeness (QED) is 0.626. The fourth-order valence-electron chi connectivity index (χ4n) is 5.02. The van der Waals surface area contributed by atoms with Gasteiger partial charge in [0, 0.05) is 11.1 Å². The fourth-order valence-corrected chi connectivity index (χ4v) is 5.02. The Bertz CT molecular complexity index is 936. The van der Waals surface area contributed by atoms with E-state index in [0.29, 0.717) is 12.2 Å². The Morgan fingerprint density at radius 1 is 0.852 bits per heavy atom. The number of ether oxygens (including phenoxy) is 1. The van der Waals surface area contributed by atoms with Crippen molar-refractivity contribution in [3.63, 3.8) is 0 Å². The van der Waals surface area contributed by atoms with Crippen LogP contribution in [0.2, 0.25) is 0 Å². The molecule has 0 saturated heterocycles. The number of aryl methyl sites for hydroxylation is 1. The second-order valence-electron chi connectivity index (χ2n) is 9.97. The van der Waals surface area contributed by atoms with Gasteiger partial charge in [0.15, 0.2) is 0 Å². The summed E-state index contributed by atoms with van der Waals surface area (Å²) in [7, 11) is 0. The Labute approximate surface area is 162 Å². The van der Waals surface area contributed by atoms with Crippen molar-refractivity contribution in [2.24, 2.45) is 0 Å². The number of carbonyl (C=O) groups is 1. The van der Waals surface area contributed by atoms with Crippen LogP contribution in [0.4, 0.5) is 0 Å². The van der Waals surface area contributed by atoms with Crippen LogP contribution in [0.1, 0.15) is 85.6 Å². The minimum Gasteiger partial charge on any atom is -0.492 e. The van der Waals surface area contributed by atoms with Crippen LogP contribution >= 0.6 is 0 Å². The topological polar surface area (TPSA) is 26.3 Å². The number of benzene rings is 2. The Morgan fingerprint density at radius 2 is 1.48 bits per heavy atom. The van der Waals surface area contributed by atoms with Gasteiger partial charge in [-0.3, -0.25) is 4.79 Å². The first-order valence-corrected chi connectivity index (χ1v) is 9.97. The molecule has 1 aliphatic carbocycles. The maximum Gasteiger partial charge on any atom is 0.150 e.